The number of hydrogen-bond acceptors (Lipinski definition) is 5. The maximum atomic E-state index is 6.00. The van der Waals surface area contributed by atoms with Gasteiger partial charge in [-0.1, -0.05) is 5.16 Å². The minimum Gasteiger partial charge on any atom is -0.332 e. The monoisotopic (exact) mass is 294 g/mol. The molecule has 1 saturated carbocycles. The largest absolute Gasteiger partial charge is 0.332 e. The van der Waals surface area contributed by atoms with E-state index >= 15 is 0 Å². The second-order valence-electron chi connectivity index (χ2n) is 4.18. The van der Waals surface area contributed by atoms with E-state index < -0.39 is 0 Å². The van der Waals surface area contributed by atoms with E-state index in [2.05, 4.69) is 31.1 Å². The van der Waals surface area contributed by atoms with Crippen LogP contribution < -0.4 is 5.73 Å². The molecule has 88 valence electrons. The van der Waals surface area contributed by atoms with Crippen molar-refractivity contribution in [3.8, 4) is 11.6 Å². The summed E-state index contributed by atoms with van der Waals surface area (Å²) in [5.41, 5.74) is 6.66. The third-order valence-corrected chi connectivity index (χ3v) is 3.29. The minimum atomic E-state index is -0.108. The molecule has 0 aliphatic heterocycles. The molecule has 0 radical (unpaired) electrons. The average molecular weight is 295 g/mol. The summed E-state index contributed by atoms with van der Waals surface area (Å²) in [6.07, 6.45) is 4.00. The number of pyridine rings is 1. The average Bonchev–Trinajstić information content (AvgIpc) is 3.07. The van der Waals surface area contributed by atoms with E-state index in [9.17, 15) is 0 Å². The highest BCUT2D eigenvalue weighted by Gasteiger charge is 2.32. The van der Waals surface area contributed by atoms with Gasteiger partial charge in [-0.15, -0.1) is 0 Å². The first-order valence-corrected chi connectivity index (χ1v) is 6.24. The zero-order chi connectivity index (χ0) is 11.8. The van der Waals surface area contributed by atoms with Crippen LogP contribution in [0.5, 0.6) is 0 Å². The molecule has 0 spiro atoms. The Hall–Kier alpha value is -1.27. The number of nitrogens with zero attached hydrogens (tertiary/aromatic N) is 3. The highest BCUT2D eigenvalue weighted by atomic mass is 79.9. The van der Waals surface area contributed by atoms with E-state index in [1.165, 1.54) is 0 Å². The van der Waals surface area contributed by atoms with Crippen molar-refractivity contribution in [2.75, 3.05) is 0 Å². The molecule has 1 unspecified atom stereocenters. The van der Waals surface area contributed by atoms with Gasteiger partial charge in [0.2, 0.25) is 0 Å². The van der Waals surface area contributed by atoms with Crippen LogP contribution in [-0.4, -0.2) is 15.1 Å². The fourth-order valence-corrected chi connectivity index (χ4v) is 1.88. The first-order valence-electron chi connectivity index (χ1n) is 5.45. The Labute approximate surface area is 107 Å². The minimum absolute atomic E-state index is 0.108. The summed E-state index contributed by atoms with van der Waals surface area (Å²) in [4.78, 5) is 8.49. The molecule has 1 aliphatic rings. The normalized spacial score (nSPS) is 17.1. The van der Waals surface area contributed by atoms with Gasteiger partial charge in [0.25, 0.3) is 5.89 Å². The van der Waals surface area contributed by atoms with E-state index in [1.807, 2.05) is 12.1 Å². The number of halogens is 1. The van der Waals surface area contributed by atoms with Crippen LogP contribution in [-0.2, 0) is 0 Å². The maximum absolute atomic E-state index is 6.00. The number of rotatable bonds is 3. The molecule has 0 saturated heterocycles. The van der Waals surface area contributed by atoms with Crippen molar-refractivity contribution in [1.29, 1.82) is 0 Å². The molecule has 1 aliphatic carbocycles. The molecule has 17 heavy (non-hydrogen) atoms. The third kappa shape index (κ3) is 2.23. The van der Waals surface area contributed by atoms with Gasteiger partial charge in [0.05, 0.1) is 6.04 Å². The Morgan fingerprint density at radius 3 is 2.88 bits per heavy atom. The van der Waals surface area contributed by atoms with Crippen molar-refractivity contribution in [3.05, 3.63) is 28.6 Å². The molecular formula is C11H11BrN4O. The Morgan fingerprint density at radius 1 is 1.41 bits per heavy atom. The van der Waals surface area contributed by atoms with Crippen LogP contribution in [0.15, 0.2) is 27.3 Å². The summed E-state index contributed by atoms with van der Waals surface area (Å²) >= 11 is 3.32. The molecule has 5 nitrogen and oxygen atoms in total. The molecular weight excluding hydrogens is 284 g/mol. The third-order valence-electron chi connectivity index (χ3n) is 2.82. The van der Waals surface area contributed by atoms with Crippen LogP contribution >= 0.6 is 15.9 Å². The summed E-state index contributed by atoms with van der Waals surface area (Å²) in [5, 5.41) is 3.91. The van der Waals surface area contributed by atoms with Gasteiger partial charge in [-0.05, 0) is 46.8 Å². The van der Waals surface area contributed by atoms with Gasteiger partial charge < -0.3 is 10.3 Å². The maximum Gasteiger partial charge on any atom is 0.276 e. The van der Waals surface area contributed by atoms with E-state index in [0.29, 0.717) is 23.3 Å². The predicted molar refractivity (Wildman–Crippen MR) is 64.9 cm³/mol. The second kappa shape index (κ2) is 4.19. The molecule has 0 aromatic carbocycles. The molecule has 1 fully saturated rings. The smallest absolute Gasteiger partial charge is 0.276 e. The Kier molecular flexibility index (Phi) is 2.68. The summed E-state index contributed by atoms with van der Waals surface area (Å²) in [5.74, 6) is 1.51. The molecule has 2 aromatic heterocycles. The van der Waals surface area contributed by atoms with Crippen LogP contribution in [0.1, 0.15) is 24.7 Å². The van der Waals surface area contributed by atoms with Crippen LogP contribution in [0.25, 0.3) is 11.6 Å². The molecule has 0 amide bonds. The molecule has 2 N–H and O–H groups in total. The topological polar surface area (TPSA) is 77.8 Å². The second-order valence-corrected chi connectivity index (χ2v) is 5.10. The first kappa shape index (κ1) is 10.9. The van der Waals surface area contributed by atoms with Gasteiger partial charge in [-0.3, -0.25) is 0 Å². The Balaban J connectivity index is 1.86. The molecule has 2 heterocycles. The van der Waals surface area contributed by atoms with Crippen LogP contribution in [0.3, 0.4) is 0 Å². The fourth-order valence-electron chi connectivity index (χ4n) is 1.64. The predicted octanol–water partition coefficient (Wildman–Crippen LogP) is 2.30. The molecule has 3 rings (SSSR count). The van der Waals surface area contributed by atoms with Gasteiger partial charge in [0.1, 0.15) is 5.69 Å². The summed E-state index contributed by atoms with van der Waals surface area (Å²) in [6, 6.07) is 3.60. The highest BCUT2D eigenvalue weighted by molar-refractivity contribution is 9.10. The SMILES string of the molecule is NC(c1noc(-c2ccc(Br)cn2)n1)C1CC1. The van der Waals surface area contributed by atoms with Crippen molar-refractivity contribution < 1.29 is 4.52 Å². The number of aromatic nitrogens is 3. The van der Waals surface area contributed by atoms with Gasteiger partial charge in [0.15, 0.2) is 5.82 Å². The standard InChI is InChI=1S/C11H11BrN4O/c12-7-3-4-8(14-5-7)11-15-10(16-17-11)9(13)6-1-2-6/h3-6,9H,1-2,13H2. The number of hydrogen-bond donors (Lipinski definition) is 1. The zero-order valence-electron chi connectivity index (χ0n) is 9.01. The van der Waals surface area contributed by atoms with Gasteiger partial charge in [0, 0.05) is 10.7 Å². The van der Waals surface area contributed by atoms with E-state index in [0.717, 1.165) is 17.3 Å². The van der Waals surface area contributed by atoms with Crippen molar-refractivity contribution in [3.63, 3.8) is 0 Å². The molecule has 0 bridgehead atoms. The number of nitrogens with two attached hydrogens (primary N) is 1. The summed E-state index contributed by atoms with van der Waals surface area (Å²) in [7, 11) is 0. The van der Waals surface area contributed by atoms with Gasteiger partial charge >= 0.3 is 0 Å². The van der Waals surface area contributed by atoms with Crippen molar-refractivity contribution in [2.24, 2.45) is 11.7 Å². The quantitative estimate of drug-likeness (QED) is 0.940. The summed E-state index contributed by atoms with van der Waals surface area (Å²) < 4.78 is 6.08. The first-order chi connectivity index (χ1) is 8.24. The lowest BCUT2D eigenvalue weighted by Gasteiger charge is -2.01. The van der Waals surface area contributed by atoms with Crippen LogP contribution in [0, 0.1) is 5.92 Å². The molecule has 1 atom stereocenters. The van der Waals surface area contributed by atoms with Gasteiger partial charge in [-0.2, -0.15) is 4.98 Å². The van der Waals surface area contributed by atoms with E-state index in [1.54, 1.807) is 6.20 Å². The lowest BCUT2D eigenvalue weighted by Crippen LogP contribution is -2.13. The Morgan fingerprint density at radius 2 is 2.24 bits per heavy atom. The molecule has 6 heteroatoms. The van der Waals surface area contributed by atoms with Crippen molar-refractivity contribution in [2.45, 2.75) is 18.9 Å². The Bertz CT molecular complexity index is 521. The lowest BCUT2D eigenvalue weighted by atomic mass is 10.2. The van der Waals surface area contributed by atoms with Crippen LogP contribution in [0.2, 0.25) is 0 Å². The van der Waals surface area contributed by atoms with Crippen LogP contribution in [0.4, 0.5) is 0 Å². The van der Waals surface area contributed by atoms with Gasteiger partial charge in [-0.25, -0.2) is 4.98 Å². The van der Waals surface area contributed by atoms with E-state index in [-0.39, 0.29) is 6.04 Å². The zero-order valence-corrected chi connectivity index (χ0v) is 10.6. The lowest BCUT2D eigenvalue weighted by molar-refractivity contribution is 0.410. The highest BCUT2D eigenvalue weighted by Crippen LogP contribution is 2.38. The van der Waals surface area contributed by atoms with E-state index in [4.69, 9.17) is 10.3 Å². The van der Waals surface area contributed by atoms with Crippen molar-refractivity contribution in [1.82, 2.24) is 15.1 Å². The summed E-state index contributed by atoms with van der Waals surface area (Å²) in [6.45, 7) is 0. The fraction of sp³-hybridized carbons (Fsp3) is 0.364. The molecule has 2 aromatic rings. The van der Waals surface area contributed by atoms with Crippen molar-refractivity contribution >= 4 is 15.9 Å².